The Labute approximate surface area is 214 Å². The van der Waals surface area contributed by atoms with Crippen molar-refractivity contribution in [1.29, 1.82) is 0 Å². The highest BCUT2D eigenvalue weighted by Gasteiger charge is 2.49. The number of aromatic nitrogens is 3. The predicted molar refractivity (Wildman–Crippen MR) is 142 cm³/mol. The fourth-order valence-corrected chi connectivity index (χ4v) is 6.12. The van der Waals surface area contributed by atoms with E-state index in [1.165, 1.54) is 5.56 Å². The van der Waals surface area contributed by atoms with E-state index in [2.05, 4.69) is 52.0 Å². The summed E-state index contributed by atoms with van der Waals surface area (Å²) in [4.78, 5) is 24.8. The molecule has 2 aromatic heterocycles. The maximum Gasteiger partial charge on any atom is 0.253 e. The number of hydrogen-bond donors (Lipinski definition) is 1. The van der Waals surface area contributed by atoms with Crippen molar-refractivity contribution < 1.29 is 9.90 Å². The monoisotopic (exact) mass is 486 g/mol. The molecule has 2 aliphatic heterocycles. The van der Waals surface area contributed by atoms with Gasteiger partial charge in [-0.1, -0.05) is 60.7 Å². The molecule has 1 N–H and O–H groups in total. The van der Waals surface area contributed by atoms with E-state index in [0.717, 1.165) is 33.5 Å². The molecule has 5 aromatic rings. The van der Waals surface area contributed by atoms with Crippen LogP contribution in [0.3, 0.4) is 0 Å². The van der Waals surface area contributed by atoms with Crippen LogP contribution in [0.5, 0.6) is 0 Å². The molecule has 0 unspecified atom stereocenters. The second-order valence-corrected chi connectivity index (χ2v) is 9.94. The van der Waals surface area contributed by atoms with Crippen LogP contribution in [0, 0.1) is 5.92 Å². The summed E-state index contributed by atoms with van der Waals surface area (Å²) in [6.07, 6.45) is 1.81. The number of likely N-dealkylation sites (tertiary alicyclic amines) is 1. The van der Waals surface area contributed by atoms with Crippen LogP contribution in [-0.4, -0.2) is 43.5 Å². The number of carbonyl (C=O) groups is 1. The first kappa shape index (κ1) is 21.9. The average Bonchev–Trinajstić information content (AvgIpc) is 3.63. The third-order valence-corrected chi connectivity index (χ3v) is 7.87. The Morgan fingerprint density at radius 2 is 1.65 bits per heavy atom. The summed E-state index contributed by atoms with van der Waals surface area (Å²) < 4.78 is 2.41. The molecule has 1 fully saturated rings. The number of aliphatic hydroxyl groups excluding tert-OH is 1. The molecule has 0 radical (unpaired) electrons. The third kappa shape index (κ3) is 3.56. The lowest BCUT2D eigenvalue weighted by Gasteiger charge is -2.24. The maximum absolute atomic E-state index is 13.3. The summed E-state index contributed by atoms with van der Waals surface area (Å²) in [5.74, 6) is 1.59. The molecule has 3 atom stereocenters. The number of nitrogens with zero attached hydrogens (tertiary/aromatic N) is 4. The van der Waals surface area contributed by atoms with Crippen LogP contribution in [0.25, 0.3) is 22.2 Å². The summed E-state index contributed by atoms with van der Waals surface area (Å²) in [5, 5.41) is 9.35. The van der Waals surface area contributed by atoms with E-state index < -0.39 is 0 Å². The molecule has 3 aromatic carbocycles. The lowest BCUT2D eigenvalue weighted by molar-refractivity contribution is 0.0782. The third-order valence-electron chi connectivity index (χ3n) is 7.87. The smallest absolute Gasteiger partial charge is 0.253 e. The van der Waals surface area contributed by atoms with Gasteiger partial charge in [0.15, 0.2) is 0 Å². The van der Waals surface area contributed by atoms with E-state index in [9.17, 15) is 9.90 Å². The van der Waals surface area contributed by atoms with Gasteiger partial charge in [-0.2, -0.15) is 0 Å². The lowest BCUT2D eigenvalue weighted by atomic mass is 9.88. The highest BCUT2D eigenvalue weighted by atomic mass is 16.3. The maximum atomic E-state index is 13.3. The Balaban J connectivity index is 1.32. The van der Waals surface area contributed by atoms with Gasteiger partial charge in [-0.05, 0) is 41.5 Å². The summed E-state index contributed by atoms with van der Waals surface area (Å²) >= 11 is 0. The number of carbonyl (C=O) groups excluding carboxylic acids is 1. The quantitative estimate of drug-likeness (QED) is 0.386. The summed E-state index contributed by atoms with van der Waals surface area (Å²) in [7, 11) is 0. The summed E-state index contributed by atoms with van der Waals surface area (Å²) in [6.45, 7) is 1.31. The Morgan fingerprint density at radius 3 is 2.38 bits per heavy atom. The van der Waals surface area contributed by atoms with Crippen LogP contribution in [-0.2, 0) is 6.61 Å². The van der Waals surface area contributed by atoms with Gasteiger partial charge in [0.05, 0.1) is 29.4 Å². The Kier molecular flexibility index (Phi) is 5.15. The zero-order valence-electron chi connectivity index (χ0n) is 20.2. The molecule has 6 heteroatoms. The van der Waals surface area contributed by atoms with Gasteiger partial charge in [0, 0.05) is 42.2 Å². The van der Waals surface area contributed by atoms with Gasteiger partial charge in [0.25, 0.3) is 5.91 Å². The molecule has 1 amide bonds. The minimum atomic E-state index is -0.0687. The molecule has 0 aliphatic carbocycles. The molecule has 1 saturated heterocycles. The zero-order valence-corrected chi connectivity index (χ0v) is 20.2. The first-order valence-electron chi connectivity index (χ1n) is 12.7. The molecule has 6 nitrogen and oxygen atoms in total. The minimum absolute atomic E-state index is 0.0687. The normalized spacial score (nSPS) is 20.2. The van der Waals surface area contributed by atoms with Crippen molar-refractivity contribution in [2.45, 2.75) is 18.6 Å². The Bertz CT molecular complexity index is 1600. The highest BCUT2D eigenvalue weighted by molar-refractivity contribution is 5.94. The van der Waals surface area contributed by atoms with E-state index >= 15 is 0 Å². The molecule has 182 valence electrons. The van der Waals surface area contributed by atoms with Crippen molar-refractivity contribution >= 4 is 16.9 Å². The SMILES string of the molecule is O=C(c1ccccc1)N1C[C@H]2[C@@H](C1)c1nc3ccc(-c4ccc(CO)nc4)cc3n1[C@H]2c1ccccc1. The number of amides is 1. The largest absolute Gasteiger partial charge is 0.390 e. The first-order valence-corrected chi connectivity index (χ1v) is 12.7. The van der Waals surface area contributed by atoms with Crippen LogP contribution in [0.15, 0.2) is 97.2 Å². The molecular weight excluding hydrogens is 460 g/mol. The standard InChI is InChI=1S/C31H26N4O2/c36-19-24-13-11-23(16-32-24)22-12-14-27-28(15-22)35-29(20-7-3-1-4-8-20)25-17-34(18-26(25)30(35)33-27)31(37)21-9-5-2-6-10-21/h1-16,25-26,29,36H,17-19H2/t25-,26+,29-/m0/s1. The van der Waals surface area contributed by atoms with E-state index in [1.807, 2.05) is 59.6 Å². The average molecular weight is 487 g/mol. The molecule has 0 saturated carbocycles. The molecule has 4 heterocycles. The van der Waals surface area contributed by atoms with Gasteiger partial charge in [0.1, 0.15) is 5.82 Å². The number of imidazole rings is 1. The number of aliphatic hydroxyl groups is 1. The van der Waals surface area contributed by atoms with Gasteiger partial charge in [-0.25, -0.2) is 4.98 Å². The topological polar surface area (TPSA) is 71.2 Å². The van der Waals surface area contributed by atoms with Crippen LogP contribution in [0.2, 0.25) is 0 Å². The van der Waals surface area contributed by atoms with Crippen molar-refractivity contribution in [3.8, 4) is 11.1 Å². The fourth-order valence-electron chi connectivity index (χ4n) is 6.12. The summed E-state index contributed by atoms with van der Waals surface area (Å²) in [6, 6.07) is 30.5. The van der Waals surface area contributed by atoms with Gasteiger partial charge in [-0.3, -0.25) is 9.78 Å². The van der Waals surface area contributed by atoms with Crippen LogP contribution in [0.1, 0.15) is 39.4 Å². The van der Waals surface area contributed by atoms with Gasteiger partial charge in [0.2, 0.25) is 0 Å². The molecular formula is C31H26N4O2. The number of pyridine rings is 1. The summed E-state index contributed by atoms with van der Waals surface area (Å²) in [5.41, 5.74) is 6.76. The molecule has 7 rings (SSSR count). The lowest BCUT2D eigenvalue weighted by Crippen LogP contribution is -2.31. The van der Waals surface area contributed by atoms with Gasteiger partial charge >= 0.3 is 0 Å². The van der Waals surface area contributed by atoms with Crippen LogP contribution in [0.4, 0.5) is 0 Å². The second-order valence-electron chi connectivity index (χ2n) is 9.94. The fraction of sp³-hybridized carbons (Fsp3) is 0.194. The van der Waals surface area contributed by atoms with Crippen molar-refractivity contribution in [2.24, 2.45) is 5.92 Å². The van der Waals surface area contributed by atoms with Crippen molar-refractivity contribution in [2.75, 3.05) is 13.1 Å². The second kappa shape index (κ2) is 8.68. The number of fused-ring (bicyclic) bond motifs is 5. The zero-order chi connectivity index (χ0) is 24.9. The van der Waals surface area contributed by atoms with Gasteiger partial charge < -0.3 is 14.6 Å². The minimum Gasteiger partial charge on any atom is -0.390 e. The van der Waals surface area contributed by atoms with Crippen molar-refractivity contribution in [3.05, 3.63) is 120 Å². The van der Waals surface area contributed by atoms with E-state index in [4.69, 9.17) is 4.98 Å². The predicted octanol–water partition coefficient (Wildman–Crippen LogP) is 5.05. The van der Waals surface area contributed by atoms with E-state index in [1.54, 1.807) is 0 Å². The number of rotatable bonds is 4. The van der Waals surface area contributed by atoms with Crippen LogP contribution < -0.4 is 0 Å². The molecule has 2 aliphatic rings. The molecule has 37 heavy (non-hydrogen) atoms. The van der Waals surface area contributed by atoms with Crippen molar-refractivity contribution in [3.63, 3.8) is 0 Å². The van der Waals surface area contributed by atoms with E-state index in [-0.39, 0.29) is 30.4 Å². The first-order chi connectivity index (χ1) is 18.2. The Hall–Kier alpha value is -4.29. The number of hydrogen-bond acceptors (Lipinski definition) is 4. The molecule has 0 spiro atoms. The highest BCUT2D eigenvalue weighted by Crippen LogP contribution is 2.50. The number of benzene rings is 3. The van der Waals surface area contributed by atoms with Crippen LogP contribution >= 0.6 is 0 Å². The van der Waals surface area contributed by atoms with E-state index in [0.29, 0.717) is 18.8 Å². The molecule has 0 bridgehead atoms. The van der Waals surface area contributed by atoms with Crippen molar-refractivity contribution in [1.82, 2.24) is 19.4 Å². The Morgan fingerprint density at radius 1 is 0.892 bits per heavy atom. The van der Waals surface area contributed by atoms with Gasteiger partial charge in [-0.15, -0.1) is 0 Å².